The molecule has 0 saturated carbocycles. The van der Waals surface area contributed by atoms with Crippen molar-refractivity contribution in [3.63, 3.8) is 0 Å². The fourth-order valence-corrected chi connectivity index (χ4v) is 2.65. The number of rotatable bonds is 12. The minimum Gasteiger partial charge on any atom is -0.596 e. The van der Waals surface area contributed by atoms with Gasteiger partial charge in [-0.25, -0.2) is 0 Å². The predicted octanol–water partition coefficient (Wildman–Crippen LogP) is 4.12. The van der Waals surface area contributed by atoms with Crippen LogP contribution in [-0.2, 0) is 26.2 Å². The number of hydrogen-bond acceptors (Lipinski definition) is 4. The van der Waals surface area contributed by atoms with E-state index < -0.39 is 16.1 Å². The second-order valence-corrected chi connectivity index (χ2v) is 7.17. The van der Waals surface area contributed by atoms with Gasteiger partial charge in [-0.05, 0) is 25.7 Å². The molecule has 0 bridgehead atoms. The van der Waals surface area contributed by atoms with Crippen molar-refractivity contribution >= 4 is 16.1 Å². The van der Waals surface area contributed by atoms with E-state index in [1.54, 1.807) is 0 Å². The van der Waals surface area contributed by atoms with Gasteiger partial charge in [-0.2, -0.15) is 0 Å². The average molecular weight is 380 g/mol. The first-order chi connectivity index (χ1) is 9.54. The van der Waals surface area contributed by atoms with Crippen LogP contribution in [0.5, 0.6) is 0 Å². The molecule has 4 nitrogen and oxygen atoms in total. The topological polar surface area (TPSA) is 80.3 Å². The molecule has 21 heavy (non-hydrogen) atoms. The van der Waals surface area contributed by atoms with Crippen molar-refractivity contribution in [3.8, 4) is 0 Å². The minimum absolute atomic E-state index is 0. The second-order valence-electron chi connectivity index (χ2n) is 4.94. The van der Waals surface area contributed by atoms with Crippen molar-refractivity contribution < 1.29 is 36.0 Å². The fourth-order valence-electron chi connectivity index (χ4n) is 1.69. The Bertz CT molecular complexity index is 217. The number of hydrogen-bond donors (Lipinski definition) is 0. The maximum Gasteiger partial charge on any atom is 2.00 e. The SMILES string of the molecule is CCCCCCC[P+](=O)[O-].CCCCCCC[P+](=O)[O-].[Fe+2]. The second kappa shape index (κ2) is 22.9. The minimum atomic E-state index is -2.12. The smallest absolute Gasteiger partial charge is 0.596 e. The molecule has 0 aliphatic carbocycles. The summed E-state index contributed by atoms with van der Waals surface area (Å²) in [5, 5.41) is 0. The van der Waals surface area contributed by atoms with Crippen LogP contribution in [0.15, 0.2) is 0 Å². The zero-order valence-corrected chi connectivity index (χ0v) is 16.3. The Labute approximate surface area is 142 Å². The molecule has 0 aromatic heterocycles. The van der Waals surface area contributed by atoms with E-state index in [2.05, 4.69) is 13.8 Å². The fraction of sp³-hybridized carbons (Fsp3) is 1.00. The van der Waals surface area contributed by atoms with E-state index >= 15 is 0 Å². The average Bonchev–Trinajstić information content (AvgIpc) is 2.38. The molecule has 0 aromatic carbocycles. The molecule has 0 amide bonds. The Kier molecular flexibility index (Phi) is 29.0. The molecule has 7 heteroatoms. The third-order valence-electron chi connectivity index (χ3n) is 2.89. The zero-order chi connectivity index (χ0) is 15.6. The Hall–Kier alpha value is 0.639. The number of unbranched alkanes of at least 4 members (excludes halogenated alkanes) is 8. The van der Waals surface area contributed by atoms with Crippen LogP contribution in [0.1, 0.15) is 78.1 Å². The van der Waals surface area contributed by atoms with Crippen LogP contribution in [-0.4, -0.2) is 12.3 Å². The maximum atomic E-state index is 10.1. The van der Waals surface area contributed by atoms with Crippen LogP contribution in [0.25, 0.3) is 0 Å². The van der Waals surface area contributed by atoms with Gasteiger partial charge in [0, 0.05) is 0 Å². The van der Waals surface area contributed by atoms with Crippen LogP contribution < -0.4 is 9.79 Å². The van der Waals surface area contributed by atoms with Crippen molar-refractivity contribution in [2.75, 3.05) is 12.3 Å². The van der Waals surface area contributed by atoms with Crippen molar-refractivity contribution in [2.24, 2.45) is 0 Å². The summed E-state index contributed by atoms with van der Waals surface area (Å²) in [7, 11) is -4.24. The third-order valence-corrected chi connectivity index (χ3v) is 4.25. The van der Waals surface area contributed by atoms with E-state index in [4.69, 9.17) is 0 Å². The van der Waals surface area contributed by atoms with Crippen molar-refractivity contribution in [3.05, 3.63) is 0 Å². The Morgan fingerprint density at radius 2 is 0.905 bits per heavy atom. The summed E-state index contributed by atoms with van der Waals surface area (Å²) in [6, 6.07) is 0. The van der Waals surface area contributed by atoms with E-state index in [0.29, 0.717) is 12.3 Å². The van der Waals surface area contributed by atoms with Gasteiger partial charge >= 0.3 is 33.1 Å². The van der Waals surface area contributed by atoms with Crippen molar-refractivity contribution in [1.82, 2.24) is 0 Å². The summed E-state index contributed by atoms with van der Waals surface area (Å²) < 4.78 is 20.1. The van der Waals surface area contributed by atoms with Crippen molar-refractivity contribution in [1.29, 1.82) is 0 Å². The molecular formula is C14H30FeO4P2+2. The first kappa shape index (κ1) is 26.5. The normalized spacial score (nSPS) is 11.0. The Morgan fingerprint density at radius 3 is 1.14 bits per heavy atom. The molecule has 0 heterocycles. The molecule has 2 unspecified atom stereocenters. The van der Waals surface area contributed by atoms with Crippen LogP contribution in [0.4, 0.5) is 0 Å². The van der Waals surface area contributed by atoms with E-state index in [0.717, 1.165) is 25.7 Å². The monoisotopic (exact) mass is 380 g/mol. The molecule has 0 saturated heterocycles. The van der Waals surface area contributed by atoms with Crippen LogP contribution in [0.3, 0.4) is 0 Å². The quantitative estimate of drug-likeness (QED) is 0.290. The van der Waals surface area contributed by atoms with Gasteiger partial charge in [0.25, 0.3) is 0 Å². The van der Waals surface area contributed by atoms with Gasteiger partial charge < -0.3 is 9.79 Å². The van der Waals surface area contributed by atoms with E-state index in [1.165, 1.54) is 38.5 Å². The van der Waals surface area contributed by atoms with Gasteiger partial charge in [0.2, 0.25) is 0 Å². The molecule has 126 valence electrons. The van der Waals surface area contributed by atoms with Gasteiger partial charge in [-0.3, -0.25) is 0 Å². The van der Waals surface area contributed by atoms with Crippen LogP contribution >= 0.6 is 16.1 Å². The van der Waals surface area contributed by atoms with E-state index in [1.807, 2.05) is 0 Å². The molecule has 0 radical (unpaired) electrons. The summed E-state index contributed by atoms with van der Waals surface area (Å²) >= 11 is 0. The maximum absolute atomic E-state index is 10.1. The van der Waals surface area contributed by atoms with Gasteiger partial charge in [0.05, 0.1) is 0 Å². The first-order valence-electron chi connectivity index (χ1n) is 7.78. The zero-order valence-electron chi connectivity index (χ0n) is 13.4. The summed E-state index contributed by atoms with van der Waals surface area (Å²) in [6.45, 7) is 4.29. The largest absolute Gasteiger partial charge is 2.00 e. The standard InChI is InChI=1S/2C7H15O2P.Fe/c2*1-2-3-4-5-6-7-10(8)9;/h2*2-7H2,1H3;/q;;+2. The molecule has 0 N–H and O–H groups in total. The van der Waals surface area contributed by atoms with Gasteiger partial charge in [0.1, 0.15) is 12.3 Å². The summed E-state index contributed by atoms with van der Waals surface area (Å²) in [5.41, 5.74) is 0. The van der Waals surface area contributed by atoms with Gasteiger partial charge in [-0.1, -0.05) is 61.5 Å². The molecule has 0 aromatic rings. The molecule has 2 atom stereocenters. The van der Waals surface area contributed by atoms with Gasteiger partial charge in [0.15, 0.2) is 0 Å². The molecular weight excluding hydrogens is 350 g/mol. The summed E-state index contributed by atoms with van der Waals surface area (Å²) in [5.74, 6) is 0. The van der Waals surface area contributed by atoms with E-state index in [-0.39, 0.29) is 17.1 Å². The summed E-state index contributed by atoms with van der Waals surface area (Å²) in [6.07, 6.45) is 11.8. The molecule has 0 rings (SSSR count). The molecule has 0 aliphatic heterocycles. The molecule has 0 spiro atoms. The summed E-state index contributed by atoms with van der Waals surface area (Å²) in [4.78, 5) is 20.1. The Morgan fingerprint density at radius 1 is 0.619 bits per heavy atom. The Balaban J connectivity index is -0.000000295. The van der Waals surface area contributed by atoms with Gasteiger partial charge in [-0.15, -0.1) is 0 Å². The third kappa shape index (κ3) is 33.5. The van der Waals surface area contributed by atoms with Crippen LogP contribution in [0, 0.1) is 0 Å². The molecule has 0 aliphatic rings. The molecule has 0 fully saturated rings. The predicted molar refractivity (Wildman–Crippen MR) is 82.5 cm³/mol. The van der Waals surface area contributed by atoms with E-state index in [9.17, 15) is 18.9 Å². The first-order valence-corrected chi connectivity index (χ1v) is 10.5. The van der Waals surface area contributed by atoms with Crippen molar-refractivity contribution in [2.45, 2.75) is 78.1 Å². The van der Waals surface area contributed by atoms with Crippen LogP contribution in [0.2, 0.25) is 0 Å².